The molecule has 0 radical (unpaired) electrons. The highest BCUT2D eigenvalue weighted by Gasteiger charge is 2.37. The fourth-order valence-electron chi connectivity index (χ4n) is 1.82. The van der Waals surface area contributed by atoms with E-state index in [0.29, 0.717) is 13.0 Å². The van der Waals surface area contributed by atoms with Crippen LogP contribution in [0.25, 0.3) is 0 Å². The minimum Gasteiger partial charge on any atom is -0.340 e. The zero-order valence-electron chi connectivity index (χ0n) is 8.86. The Bertz CT molecular complexity index is 380. The van der Waals surface area contributed by atoms with Crippen LogP contribution in [-0.4, -0.2) is 49.5 Å². The second-order valence-electron chi connectivity index (χ2n) is 4.32. The molecule has 92 valence electrons. The lowest BCUT2D eigenvalue weighted by molar-refractivity contribution is -0.127. The zero-order valence-corrected chi connectivity index (χ0v) is 10.4. The highest BCUT2D eigenvalue weighted by Crippen LogP contribution is 2.23. The van der Waals surface area contributed by atoms with Crippen molar-refractivity contribution in [3.63, 3.8) is 0 Å². The largest absolute Gasteiger partial charge is 0.340 e. The van der Waals surface area contributed by atoms with Gasteiger partial charge in [-0.1, -0.05) is 0 Å². The van der Waals surface area contributed by atoms with E-state index in [1.165, 1.54) is 4.90 Å². The minimum absolute atomic E-state index is 0.0805. The van der Waals surface area contributed by atoms with Gasteiger partial charge in [-0.3, -0.25) is 4.79 Å². The molecule has 1 aliphatic heterocycles. The van der Waals surface area contributed by atoms with E-state index in [0.717, 1.165) is 12.8 Å². The molecule has 16 heavy (non-hydrogen) atoms. The first kappa shape index (κ1) is 12.1. The normalized spacial score (nSPS) is 26.1. The summed E-state index contributed by atoms with van der Waals surface area (Å²) in [4.78, 5) is 12.8. The molecule has 0 bridgehead atoms. The third-order valence-corrected chi connectivity index (χ3v) is 5.11. The van der Waals surface area contributed by atoms with Gasteiger partial charge < -0.3 is 4.90 Å². The third-order valence-electron chi connectivity index (χ3n) is 2.96. The van der Waals surface area contributed by atoms with Crippen molar-refractivity contribution in [3.8, 4) is 0 Å². The first-order valence-corrected chi connectivity index (χ1v) is 7.46. The number of hydrogen-bond acceptors (Lipinski definition) is 3. The lowest BCUT2D eigenvalue weighted by atomic mass is 10.4. The van der Waals surface area contributed by atoms with Gasteiger partial charge in [0.15, 0.2) is 0 Å². The molecular formula is C9H15ClN2O3S. The molecule has 1 aliphatic carbocycles. The van der Waals surface area contributed by atoms with E-state index >= 15 is 0 Å². The van der Waals surface area contributed by atoms with Crippen molar-refractivity contribution in [2.24, 2.45) is 0 Å². The van der Waals surface area contributed by atoms with Gasteiger partial charge in [0.2, 0.25) is 15.9 Å². The van der Waals surface area contributed by atoms with E-state index in [1.54, 1.807) is 0 Å². The Kier molecular flexibility index (Phi) is 3.42. The fourth-order valence-corrected chi connectivity index (χ4v) is 3.68. The molecule has 0 spiro atoms. The minimum atomic E-state index is -3.26. The zero-order chi connectivity index (χ0) is 11.8. The number of rotatable bonds is 4. The van der Waals surface area contributed by atoms with Gasteiger partial charge in [0, 0.05) is 19.1 Å². The van der Waals surface area contributed by atoms with Crippen LogP contribution >= 0.6 is 11.6 Å². The standard InChI is InChI=1S/C9H15ClN2O3S/c10-5-9(13)12-4-3-8(6-12)16(14,15)11-7-1-2-7/h7-8,11H,1-6H2. The van der Waals surface area contributed by atoms with Crippen LogP contribution in [0, 0.1) is 0 Å². The maximum atomic E-state index is 11.9. The van der Waals surface area contributed by atoms with Crippen molar-refractivity contribution in [3.05, 3.63) is 0 Å². The van der Waals surface area contributed by atoms with Crippen LogP contribution in [0.1, 0.15) is 19.3 Å². The van der Waals surface area contributed by atoms with Crippen molar-refractivity contribution in [1.29, 1.82) is 0 Å². The van der Waals surface area contributed by atoms with Gasteiger partial charge in [0.05, 0.1) is 5.25 Å². The molecule has 0 aromatic rings. The monoisotopic (exact) mass is 266 g/mol. The molecule has 7 heteroatoms. The van der Waals surface area contributed by atoms with Crippen LogP contribution in [0.4, 0.5) is 0 Å². The number of nitrogens with zero attached hydrogens (tertiary/aromatic N) is 1. The summed E-state index contributed by atoms with van der Waals surface area (Å²) in [6.45, 7) is 0.759. The molecule has 2 rings (SSSR count). The topological polar surface area (TPSA) is 66.5 Å². The highest BCUT2D eigenvalue weighted by molar-refractivity contribution is 7.90. The Hall–Kier alpha value is -0.330. The van der Waals surface area contributed by atoms with E-state index in [2.05, 4.69) is 4.72 Å². The van der Waals surface area contributed by atoms with Gasteiger partial charge in [-0.25, -0.2) is 13.1 Å². The van der Waals surface area contributed by atoms with Gasteiger partial charge >= 0.3 is 0 Å². The second-order valence-corrected chi connectivity index (χ2v) is 6.58. The summed E-state index contributed by atoms with van der Waals surface area (Å²) >= 11 is 5.43. The molecule has 1 heterocycles. The molecule has 1 N–H and O–H groups in total. The maximum absolute atomic E-state index is 11.9. The van der Waals surface area contributed by atoms with Crippen LogP contribution in [0.2, 0.25) is 0 Å². The lowest BCUT2D eigenvalue weighted by Gasteiger charge is -2.15. The quantitative estimate of drug-likeness (QED) is 0.723. The van der Waals surface area contributed by atoms with Gasteiger partial charge in [-0.2, -0.15) is 0 Å². The van der Waals surface area contributed by atoms with E-state index in [9.17, 15) is 13.2 Å². The number of halogens is 1. The summed E-state index contributed by atoms with van der Waals surface area (Å²) in [5.41, 5.74) is 0. The van der Waals surface area contributed by atoms with Crippen LogP contribution in [-0.2, 0) is 14.8 Å². The molecule has 1 amide bonds. The molecule has 2 fully saturated rings. The van der Waals surface area contributed by atoms with Crippen molar-refractivity contribution in [1.82, 2.24) is 9.62 Å². The van der Waals surface area contributed by atoms with E-state index < -0.39 is 15.3 Å². The Morgan fingerprint density at radius 3 is 2.62 bits per heavy atom. The average molecular weight is 267 g/mol. The van der Waals surface area contributed by atoms with E-state index in [1.807, 2.05) is 0 Å². The summed E-state index contributed by atoms with van der Waals surface area (Å²) in [7, 11) is -3.26. The number of likely N-dealkylation sites (tertiary alicyclic amines) is 1. The molecule has 1 saturated carbocycles. The van der Waals surface area contributed by atoms with Crippen molar-refractivity contribution in [2.75, 3.05) is 19.0 Å². The molecule has 0 aromatic heterocycles. The van der Waals surface area contributed by atoms with E-state index in [4.69, 9.17) is 11.6 Å². The van der Waals surface area contributed by atoms with Crippen LogP contribution in [0.3, 0.4) is 0 Å². The van der Waals surface area contributed by atoms with Gasteiger partial charge in [0.25, 0.3) is 0 Å². The number of alkyl halides is 1. The first-order valence-electron chi connectivity index (χ1n) is 5.38. The fraction of sp³-hybridized carbons (Fsp3) is 0.889. The predicted octanol–water partition coefficient (Wildman–Crippen LogP) is -0.0921. The van der Waals surface area contributed by atoms with Gasteiger partial charge in [-0.15, -0.1) is 11.6 Å². The summed E-state index contributed by atoms with van der Waals surface area (Å²) in [5, 5.41) is -0.472. The number of sulfonamides is 1. The second kappa shape index (κ2) is 4.50. The lowest BCUT2D eigenvalue weighted by Crippen LogP contribution is -2.38. The summed E-state index contributed by atoms with van der Waals surface area (Å²) in [6.07, 6.45) is 2.36. The predicted molar refractivity (Wildman–Crippen MR) is 60.8 cm³/mol. The van der Waals surface area contributed by atoms with Gasteiger partial charge in [-0.05, 0) is 19.3 Å². The number of amides is 1. The Balaban J connectivity index is 1.94. The molecule has 1 saturated heterocycles. The molecule has 5 nitrogen and oxygen atoms in total. The Morgan fingerprint density at radius 2 is 2.06 bits per heavy atom. The molecule has 0 aromatic carbocycles. The van der Waals surface area contributed by atoms with Crippen molar-refractivity contribution in [2.45, 2.75) is 30.6 Å². The number of nitrogens with one attached hydrogen (secondary N) is 1. The van der Waals surface area contributed by atoms with Crippen LogP contribution in [0.15, 0.2) is 0 Å². The Labute approximate surface area is 100 Å². The summed E-state index contributed by atoms with van der Waals surface area (Å²) in [5.74, 6) is -0.270. The first-order chi connectivity index (χ1) is 7.53. The molecular weight excluding hydrogens is 252 g/mol. The van der Waals surface area contributed by atoms with Crippen LogP contribution in [0.5, 0.6) is 0 Å². The van der Waals surface area contributed by atoms with E-state index in [-0.39, 0.29) is 24.4 Å². The van der Waals surface area contributed by atoms with Crippen molar-refractivity contribution < 1.29 is 13.2 Å². The molecule has 2 aliphatic rings. The smallest absolute Gasteiger partial charge is 0.237 e. The number of carbonyl (C=O) groups is 1. The Morgan fingerprint density at radius 1 is 1.38 bits per heavy atom. The molecule has 1 atom stereocenters. The van der Waals surface area contributed by atoms with Crippen LogP contribution < -0.4 is 4.72 Å². The maximum Gasteiger partial charge on any atom is 0.237 e. The number of carbonyl (C=O) groups excluding carboxylic acids is 1. The highest BCUT2D eigenvalue weighted by atomic mass is 35.5. The molecule has 1 unspecified atom stereocenters. The number of hydrogen-bond donors (Lipinski definition) is 1. The SMILES string of the molecule is O=C(CCl)N1CCC(S(=O)(=O)NC2CC2)C1. The average Bonchev–Trinajstić information content (AvgIpc) is 2.88. The third kappa shape index (κ3) is 2.67. The summed E-state index contributed by atoms with van der Waals surface area (Å²) < 4.78 is 26.4. The van der Waals surface area contributed by atoms with Gasteiger partial charge in [0.1, 0.15) is 5.88 Å². The summed E-state index contributed by atoms with van der Waals surface area (Å²) in [6, 6.07) is 0.128. The van der Waals surface area contributed by atoms with Crippen molar-refractivity contribution >= 4 is 27.5 Å².